The minimum atomic E-state index is -3.95. The van der Waals surface area contributed by atoms with Gasteiger partial charge in [-0.05, 0) is 75.5 Å². The molecule has 2 saturated carbocycles. The fourth-order valence-electron chi connectivity index (χ4n) is 8.24. The standard InChI is InChI=1S/C40H51N5O9S/c1-7-28-20-40(28,36(48)43-55(51,52)30-16-17-30)42-34(46)32-19-29-22-45(32)35(47)33(39(8-2,24(3)4)25(5)6)41-37(49)53-18-11-9-10-13-26-14-12-15-27-21-44(23-31(26)27)38(50)54-29/h7-8,12,14-15,28-30,32-33H,1-3,5,9-11,13,16-23H2,4,6H3,(H,41,49)(H,42,46)(H,43,48)/t28-,29-,32+,33-,40-/m1/s1. The smallest absolute Gasteiger partial charge is 0.410 e. The lowest BCUT2D eigenvalue weighted by atomic mass is 9.69. The first-order chi connectivity index (χ1) is 26.1. The first kappa shape index (κ1) is 39.8. The summed E-state index contributed by atoms with van der Waals surface area (Å²) in [4.78, 5) is 72.8. The zero-order valence-electron chi connectivity index (χ0n) is 31.6. The van der Waals surface area contributed by atoms with Crippen LogP contribution in [0.15, 0.2) is 67.8 Å². The number of carbonyl (C=O) groups excluding carboxylic acids is 5. The van der Waals surface area contributed by atoms with Gasteiger partial charge in [-0.25, -0.2) is 18.0 Å². The maximum absolute atomic E-state index is 15.0. The molecule has 15 heteroatoms. The zero-order valence-corrected chi connectivity index (χ0v) is 32.4. The number of rotatable bonds is 10. The predicted octanol–water partition coefficient (Wildman–Crippen LogP) is 3.92. The molecule has 6 rings (SSSR count). The van der Waals surface area contributed by atoms with Crippen molar-refractivity contribution in [3.8, 4) is 0 Å². The van der Waals surface area contributed by atoms with Crippen molar-refractivity contribution in [1.29, 1.82) is 0 Å². The van der Waals surface area contributed by atoms with Crippen LogP contribution in [-0.2, 0) is 53.4 Å². The van der Waals surface area contributed by atoms with Crippen LogP contribution in [0.25, 0.3) is 0 Å². The van der Waals surface area contributed by atoms with Gasteiger partial charge in [0, 0.05) is 25.4 Å². The van der Waals surface area contributed by atoms with Crippen molar-refractivity contribution in [2.24, 2.45) is 11.3 Å². The molecule has 4 bridgehead atoms. The molecule has 5 amide bonds. The van der Waals surface area contributed by atoms with Crippen LogP contribution in [-0.4, -0.2) is 90.3 Å². The highest BCUT2D eigenvalue weighted by atomic mass is 32.2. The lowest BCUT2D eigenvalue weighted by Crippen LogP contribution is -2.61. The van der Waals surface area contributed by atoms with Crippen LogP contribution in [0.3, 0.4) is 0 Å². The van der Waals surface area contributed by atoms with E-state index in [9.17, 15) is 32.4 Å². The van der Waals surface area contributed by atoms with Crippen LogP contribution < -0.4 is 15.4 Å². The third kappa shape index (κ3) is 7.67. The molecule has 14 nitrogen and oxygen atoms in total. The number of fused-ring (bicyclic) bond motifs is 3. The van der Waals surface area contributed by atoms with Gasteiger partial charge in [0.2, 0.25) is 21.8 Å². The molecule has 3 N–H and O–H groups in total. The second-order valence-corrected chi connectivity index (χ2v) is 17.5. The van der Waals surface area contributed by atoms with Gasteiger partial charge < -0.3 is 25.0 Å². The van der Waals surface area contributed by atoms with Crippen LogP contribution in [0.5, 0.6) is 0 Å². The fourth-order valence-corrected chi connectivity index (χ4v) is 9.61. The number of cyclic esters (lactones) is 1. The van der Waals surface area contributed by atoms with Crippen LogP contribution in [0.1, 0.15) is 75.5 Å². The molecular formula is C40H51N5O9S. The van der Waals surface area contributed by atoms with E-state index in [0.29, 0.717) is 43.5 Å². The van der Waals surface area contributed by atoms with Gasteiger partial charge in [-0.15, -0.1) is 13.2 Å². The Labute approximate surface area is 322 Å². The molecule has 3 aliphatic heterocycles. The van der Waals surface area contributed by atoms with Crippen LogP contribution in [0.2, 0.25) is 0 Å². The molecule has 5 aliphatic rings. The van der Waals surface area contributed by atoms with Gasteiger partial charge in [-0.2, -0.15) is 0 Å². The summed E-state index contributed by atoms with van der Waals surface area (Å²) in [7, 11) is -3.95. The quantitative estimate of drug-likeness (QED) is 0.297. The Morgan fingerprint density at radius 2 is 1.75 bits per heavy atom. The molecule has 1 aromatic carbocycles. The number of carbonyl (C=O) groups is 5. The van der Waals surface area contributed by atoms with Crippen molar-refractivity contribution in [2.45, 2.75) is 107 Å². The van der Waals surface area contributed by atoms with Gasteiger partial charge in [0.15, 0.2) is 0 Å². The second kappa shape index (κ2) is 15.3. The number of benzene rings is 1. The average molecular weight is 778 g/mol. The van der Waals surface area contributed by atoms with Gasteiger partial charge in [-0.3, -0.25) is 24.0 Å². The molecule has 3 heterocycles. The van der Waals surface area contributed by atoms with E-state index in [2.05, 4.69) is 41.7 Å². The Hall–Kier alpha value is -4.92. The average Bonchev–Trinajstić information content (AvgIpc) is 4.02. The molecule has 5 atom stereocenters. The molecule has 1 saturated heterocycles. The van der Waals surface area contributed by atoms with Crippen molar-refractivity contribution in [3.63, 3.8) is 0 Å². The molecule has 2 aliphatic carbocycles. The number of sulfonamides is 1. The lowest BCUT2D eigenvalue weighted by Gasteiger charge is -2.41. The van der Waals surface area contributed by atoms with E-state index < -0.39 is 80.2 Å². The van der Waals surface area contributed by atoms with Crippen molar-refractivity contribution < 1.29 is 41.9 Å². The summed E-state index contributed by atoms with van der Waals surface area (Å²) in [5.41, 5.74) is 1.04. The number of nitrogens with one attached hydrogen (secondary N) is 3. The summed E-state index contributed by atoms with van der Waals surface area (Å²) in [6.45, 7) is 19.8. The molecule has 1 aromatic rings. The van der Waals surface area contributed by atoms with Gasteiger partial charge >= 0.3 is 12.2 Å². The Morgan fingerprint density at radius 1 is 1.04 bits per heavy atom. The Bertz CT molecular complexity index is 1930. The highest BCUT2D eigenvalue weighted by Gasteiger charge is 2.62. The summed E-state index contributed by atoms with van der Waals surface area (Å²) < 4.78 is 39.2. The third-order valence-electron chi connectivity index (χ3n) is 11.7. The number of hydrogen-bond acceptors (Lipinski definition) is 9. The van der Waals surface area contributed by atoms with Gasteiger partial charge in [-0.1, -0.05) is 54.7 Å². The van der Waals surface area contributed by atoms with Crippen molar-refractivity contribution in [2.75, 3.05) is 13.2 Å². The van der Waals surface area contributed by atoms with Crippen molar-refractivity contribution >= 4 is 39.9 Å². The summed E-state index contributed by atoms with van der Waals surface area (Å²) in [6.07, 6.45) is 4.25. The molecule has 55 heavy (non-hydrogen) atoms. The third-order valence-corrected chi connectivity index (χ3v) is 13.5. The molecule has 0 radical (unpaired) electrons. The maximum Gasteiger partial charge on any atom is 0.410 e. The molecule has 0 spiro atoms. The number of amides is 5. The summed E-state index contributed by atoms with van der Waals surface area (Å²) in [5.74, 6) is -2.98. The molecule has 3 fully saturated rings. The van der Waals surface area contributed by atoms with Crippen LogP contribution >= 0.6 is 0 Å². The largest absolute Gasteiger partial charge is 0.450 e. The number of nitrogens with zero attached hydrogens (tertiary/aromatic N) is 2. The topological polar surface area (TPSA) is 181 Å². The minimum absolute atomic E-state index is 0.0891. The lowest BCUT2D eigenvalue weighted by molar-refractivity contribution is -0.142. The predicted molar refractivity (Wildman–Crippen MR) is 203 cm³/mol. The summed E-state index contributed by atoms with van der Waals surface area (Å²) in [5, 5.41) is 4.78. The van der Waals surface area contributed by atoms with Gasteiger partial charge in [0.1, 0.15) is 23.7 Å². The zero-order chi connectivity index (χ0) is 39.9. The summed E-state index contributed by atoms with van der Waals surface area (Å²) in [6, 6.07) is 3.24. The number of alkyl carbamates (subject to hydrolysis) is 1. The van der Waals surface area contributed by atoms with E-state index in [0.717, 1.165) is 36.0 Å². The number of aryl methyl sites for hydroxylation is 1. The van der Waals surface area contributed by atoms with Crippen LogP contribution in [0, 0.1) is 11.3 Å². The first-order valence-electron chi connectivity index (χ1n) is 18.8. The molecule has 296 valence electrons. The van der Waals surface area contributed by atoms with E-state index >= 15 is 0 Å². The number of hydrogen-bond donors (Lipinski definition) is 3. The molecule has 0 unspecified atom stereocenters. The van der Waals surface area contributed by atoms with E-state index in [4.69, 9.17) is 9.47 Å². The summed E-state index contributed by atoms with van der Waals surface area (Å²) >= 11 is 0. The van der Waals surface area contributed by atoms with E-state index in [1.165, 1.54) is 17.1 Å². The first-order valence-corrected chi connectivity index (χ1v) is 20.4. The Balaban J connectivity index is 1.34. The maximum atomic E-state index is 15.0. The fraction of sp³-hybridized carbons (Fsp3) is 0.525. The van der Waals surface area contributed by atoms with E-state index in [1.807, 2.05) is 18.2 Å². The normalized spacial score (nSPS) is 27.3. The SMILES string of the molecule is C=C[C@@H]1C[C@]1(NC(=O)[C@@H]1C[C@@H]2CN1C(=O)[C@H](C(C=C)(C(=C)C)C(=C)C)NC(=O)OCCCCCc1cccc3c1CN(C3)C(=O)O2)C(=O)NS(=O)(=O)C1CC1. The minimum Gasteiger partial charge on any atom is -0.450 e. The van der Waals surface area contributed by atoms with E-state index in [-0.39, 0.29) is 26.0 Å². The van der Waals surface area contributed by atoms with Crippen molar-refractivity contribution in [1.82, 2.24) is 25.2 Å². The highest BCUT2D eigenvalue weighted by molar-refractivity contribution is 7.91. The van der Waals surface area contributed by atoms with Crippen LogP contribution in [0.4, 0.5) is 9.59 Å². The van der Waals surface area contributed by atoms with Crippen molar-refractivity contribution in [3.05, 3.63) is 84.5 Å². The number of ether oxygens (including phenoxy) is 2. The molecular weight excluding hydrogens is 727 g/mol. The van der Waals surface area contributed by atoms with Gasteiger partial charge in [0.05, 0.1) is 23.8 Å². The Kier molecular flexibility index (Phi) is 11.1. The second-order valence-electron chi connectivity index (χ2n) is 15.5. The molecule has 0 aromatic heterocycles. The van der Waals surface area contributed by atoms with Gasteiger partial charge in [0.25, 0.3) is 5.91 Å². The highest BCUT2D eigenvalue weighted by Crippen LogP contribution is 2.46. The van der Waals surface area contributed by atoms with E-state index in [1.54, 1.807) is 18.7 Å². The Morgan fingerprint density at radius 3 is 2.38 bits per heavy atom. The monoisotopic (exact) mass is 777 g/mol.